The molecule has 172 valence electrons. The van der Waals surface area contributed by atoms with Gasteiger partial charge in [-0.1, -0.05) is 12.1 Å². The van der Waals surface area contributed by atoms with Gasteiger partial charge in [-0.05, 0) is 31.9 Å². The Kier molecular flexibility index (Phi) is 6.53. The molecule has 1 aliphatic rings. The van der Waals surface area contributed by atoms with Crippen molar-refractivity contribution in [3.63, 3.8) is 0 Å². The molecule has 0 aliphatic carbocycles. The van der Waals surface area contributed by atoms with E-state index in [4.69, 9.17) is 14.2 Å². The van der Waals surface area contributed by atoms with Crippen molar-refractivity contribution in [1.29, 1.82) is 0 Å². The summed E-state index contributed by atoms with van der Waals surface area (Å²) in [5.41, 5.74) is 1.35. The van der Waals surface area contributed by atoms with Gasteiger partial charge in [0.1, 0.15) is 11.7 Å². The molecule has 10 heteroatoms. The maximum atomic E-state index is 13.5. The summed E-state index contributed by atoms with van der Waals surface area (Å²) >= 11 is 0. The normalized spacial score (nSPS) is 18.0. The van der Waals surface area contributed by atoms with Gasteiger partial charge in [0, 0.05) is 12.1 Å². The Morgan fingerprint density at radius 1 is 1.06 bits per heavy atom. The second-order valence-electron chi connectivity index (χ2n) is 7.67. The van der Waals surface area contributed by atoms with Gasteiger partial charge in [0.25, 0.3) is 5.91 Å². The summed E-state index contributed by atoms with van der Waals surface area (Å²) in [6.45, 7) is 2.39. The number of benzene rings is 1. The zero-order valence-electron chi connectivity index (χ0n) is 18.7. The lowest BCUT2D eigenvalue weighted by atomic mass is 9.99. The fourth-order valence-electron chi connectivity index (χ4n) is 3.87. The fourth-order valence-corrected chi connectivity index (χ4v) is 3.87. The molecule has 10 nitrogen and oxygen atoms in total. The van der Waals surface area contributed by atoms with Crippen LogP contribution in [0.4, 0.5) is 0 Å². The average molecular weight is 451 g/mol. The topological polar surface area (TPSA) is 109 Å². The highest BCUT2D eigenvalue weighted by Gasteiger charge is 2.32. The van der Waals surface area contributed by atoms with E-state index in [1.165, 1.54) is 31.3 Å². The standard InChI is InChI=1S/C23H25N5O5/c1-15-8-9-16(33-21-12-18(23(30)32-3)20(31-2)13-24-21)14-27(15)22(29)17-6-4-5-7-19(17)28-25-10-11-26-28/h4-7,10-13,15-16H,8-9,14H2,1-3H3/t15-,16-/m1/s1. The molecule has 1 aromatic carbocycles. The SMILES string of the molecule is COC(=O)c1cc(O[C@@H]2CC[C@@H](C)N(C(=O)c3ccccc3-n3nccn3)C2)ncc1OC. The molecule has 0 bridgehead atoms. The Hall–Kier alpha value is -3.95. The molecule has 4 rings (SSSR count). The van der Waals surface area contributed by atoms with Crippen molar-refractivity contribution in [2.45, 2.75) is 31.9 Å². The number of likely N-dealkylation sites (tertiary alicyclic amines) is 1. The molecule has 1 amide bonds. The molecule has 1 fully saturated rings. The number of rotatable bonds is 6. The molecule has 2 aromatic heterocycles. The number of carbonyl (C=O) groups excluding carboxylic acids is 2. The summed E-state index contributed by atoms with van der Waals surface area (Å²) in [6.07, 6.45) is 5.78. The highest BCUT2D eigenvalue weighted by molar-refractivity contribution is 5.98. The number of hydrogen-bond donors (Lipinski definition) is 0. The van der Waals surface area contributed by atoms with Crippen molar-refractivity contribution in [3.8, 4) is 17.3 Å². The van der Waals surface area contributed by atoms with Gasteiger partial charge in [-0.3, -0.25) is 4.79 Å². The summed E-state index contributed by atoms with van der Waals surface area (Å²) in [4.78, 5) is 33.0. The fraction of sp³-hybridized carbons (Fsp3) is 0.348. The van der Waals surface area contributed by atoms with Crippen LogP contribution in [0.3, 0.4) is 0 Å². The van der Waals surface area contributed by atoms with E-state index in [1.807, 2.05) is 25.1 Å². The van der Waals surface area contributed by atoms with Crippen LogP contribution in [0.2, 0.25) is 0 Å². The first-order valence-corrected chi connectivity index (χ1v) is 10.6. The number of hydrogen-bond acceptors (Lipinski definition) is 8. The molecule has 0 saturated carbocycles. The van der Waals surface area contributed by atoms with Crippen LogP contribution in [-0.4, -0.2) is 69.7 Å². The van der Waals surface area contributed by atoms with Crippen LogP contribution in [0.15, 0.2) is 48.9 Å². The first-order chi connectivity index (χ1) is 16.0. The number of nitrogens with zero attached hydrogens (tertiary/aromatic N) is 5. The van der Waals surface area contributed by atoms with E-state index < -0.39 is 5.97 Å². The maximum absolute atomic E-state index is 13.5. The van der Waals surface area contributed by atoms with Gasteiger partial charge in [0.2, 0.25) is 5.88 Å². The average Bonchev–Trinajstić information content (AvgIpc) is 3.39. The summed E-state index contributed by atoms with van der Waals surface area (Å²) in [5.74, 6) is -0.102. The predicted molar refractivity (Wildman–Crippen MR) is 118 cm³/mol. The van der Waals surface area contributed by atoms with E-state index in [9.17, 15) is 9.59 Å². The Morgan fingerprint density at radius 3 is 2.55 bits per heavy atom. The number of ether oxygens (including phenoxy) is 3. The number of para-hydroxylation sites is 1. The zero-order valence-corrected chi connectivity index (χ0v) is 18.7. The maximum Gasteiger partial charge on any atom is 0.341 e. The highest BCUT2D eigenvalue weighted by atomic mass is 16.5. The Balaban J connectivity index is 1.54. The summed E-state index contributed by atoms with van der Waals surface area (Å²) in [5, 5.41) is 8.32. The second-order valence-corrected chi connectivity index (χ2v) is 7.67. The molecule has 0 N–H and O–H groups in total. The highest BCUT2D eigenvalue weighted by Crippen LogP contribution is 2.27. The number of piperidine rings is 1. The lowest BCUT2D eigenvalue weighted by molar-refractivity contribution is 0.0372. The lowest BCUT2D eigenvalue weighted by Gasteiger charge is -2.38. The minimum Gasteiger partial charge on any atom is -0.494 e. The molecule has 33 heavy (non-hydrogen) atoms. The minimum absolute atomic E-state index is 0.0328. The van der Waals surface area contributed by atoms with E-state index in [2.05, 4.69) is 15.2 Å². The van der Waals surface area contributed by atoms with Crippen molar-refractivity contribution in [2.75, 3.05) is 20.8 Å². The first kappa shape index (κ1) is 22.3. The molecular weight excluding hydrogens is 426 g/mol. The van der Waals surface area contributed by atoms with Crippen LogP contribution in [0.1, 0.15) is 40.5 Å². The summed E-state index contributed by atoms with van der Waals surface area (Å²) in [6, 6.07) is 8.77. The predicted octanol–water partition coefficient (Wildman–Crippen LogP) is 2.53. The molecule has 1 aliphatic heterocycles. The van der Waals surface area contributed by atoms with Crippen LogP contribution in [0.5, 0.6) is 11.6 Å². The Morgan fingerprint density at radius 2 is 1.82 bits per heavy atom. The van der Waals surface area contributed by atoms with E-state index in [0.717, 1.165) is 12.8 Å². The van der Waals surface area contributed by atoms with E-state index in [1.54, 1.807) is 23.4 Å². The number of aromatic nitrogens is 4. The van der Waals surface area contributed by atoms with Gasteiger partial charge in [0.05, 0.1) is 50.6 Å². The van der Waals surface area contributed by atoms with Crippen molar-refractivity contribution in [1.82, 2.24) is 24.9 Å². The molecule has 3 heterocycles. The number of carbonyl (C=O) groups is 2. The second kappa shape index (κ2) is 9.68. The van der Waals surface area contributed by atoms with Gasteiger partial charge < -0.3 is 19.1 Å². The van der Waals surface area contributed by atoms with E-state index >= 15 is 0 Å². The van der Waals surface area contributed by atoms with Crippen molar-refractivity contribution < 1.29 is 23.8 Å². The zero-order chi connectivity index (χ0) is 23.4. The number of amides is 1. The number of pyridine rings is 1. The Bertz CT molecular complexity index is 1130. The third-order valence-electron chi connectivity index (χ3n) is 5.62. The van der Waals surface area contributed by atoms with Crippen LogP contribution >= 0.6 is 0 Å². The Labute approximate surface area is 191 Å². The van der Waals surface area contributed by atoms with Gasteiger partial charge in [-0.15, -0.1) is 0 Å². The molecule has 2 atom stereocenters. The smallest absolute Gasteiger partial charge is 0.341 e. The molecule has 0 unspecified atom stereocenters. The molecule has 1 saturated heterocycles. The first-order valence-electron chi connectivity index (χ1n) is 10.6. The van der Waals surface area contributed by atoms with Gasteiger partial charge in [-0.25, -0.2) is 9.78 Å². The summed E-state index contributed by atoms with van der Waals surface area (Å²) in [7, 11) is 2.75. The summed E-state index contributed by atoms with van der Waals surface area (Å²) < 4.78 is 16.1. The van der Waals surface area contributed by atoms with Gasteiger partial charge in [0.15, 0.2) is 5.75 Å². The van der Waals surface area contributed by atoms with Crippen LogP contribution in [0, 0.1) is 0 Å². The quantitative estimate of drug-likeness (QED) is 0.526. The van der Waals surface area contributed by atoms with Crippen LogP contribution in [0.25, 0.3) is 5.69 Å². The largest absolute Gasteiger partial charge is 0.494 e. The molecule has 3 aromatic rings. The number of methoxy groups -OCH3 is 2. The number of esters is 1. The van der Waals surface area contributed by atoms with Crippen molar-refractivity contribution in [2.24, 2.45) is 0 Å². The molecule has 0 spiro atoms. The van der Waals surface area contributed by atoms with Crippen molar-refractivity contribution >= 4 is 11.9 Å². The van der Waals surface area contributed by atoms with Crippen LogP contribution < -0.4 is 9.47 Å². The van der Waals surface area contributed by atoms with Crippen LogP contribution in [-0.2, 0) is 4.74 Å². The van der Waals surface area contributed by atoms with Gasteiger partial charge >= 0.3 is 5.97 Å². The van der Waals surface area contributed by atoms with E-state index in [-0.39, 0.29) is 29.5 Å². The molecular formula is C23H25N5O5. The third-order valence-corrected chi connectivity index (χ3v) is 5.62. The van der Waals surface area contributed by atoms with E-state index in [0.29, 0.717) is 23.5 Å². The minimum atomic E-state index is -0.544. The monoisotopic (exact) mass is 451 g/mol. The van der Waals surface area contributed by atoms with Gasteiger partial charge in [-0.2, -0.15) is 15.0 Å². The third kappa shape index (κ3) is 4.64. The molecule has 0 radical (unpaired) electrons. The lowest BCUT2D eigenvalue weighted by Crippen LogP contribution is -2.49. The van der Waals surface area contributed by atoms with Crippen molar-refractivity contribution in [3.05, 3.63) is 60.0 Å².